The predicted octanol–water partition coefficient (Wildman–Crippen LogP) is 2.89. The summed E-state index contributed by atoms with van der Waals surface area (Å²) in [6, 6.07) is 5.58. The molecule has 2 rings (SSSR count). The van der Waals surface area contributed by atoms with Crippen LogP contribution in [0.2, 0.25) is 0 Å². The molecule has 1 aromatic rings. The standard InChI is InChI=1S/C12H16O2/c1-3-12(4-2)8-9-6-5-7-10(13)11(9)14-12/h5-7,13H,3-4,8H2,1-2H3. The summed E-state index contributed by atoms with van der Waals surface area (Å²) < 4.78 is 5.87. The number of ether oxygens (including phenoxy) is 1. The minimum absolute atomic E-state index is 0.0822. The normalized spacial score (nSPS) is 17.6. The minimum Gasteiger partial charge on any atom is -0.504 e. The van der Waals surface area contributed by atoms with Gasteiger partial charge in [-0.15, -0.1) is 0 Å². The summed E-state index contributed by atoms with van der Waals surface area (Å²) in [4.78, 5) is 0. The van der Waals surface area contributed by atoms with E-state index in [9.17, 15) is 5.11 Å². The molecule has 0 aromatic heterocycles. The number of phenols is 1. The second-order valence-electron chi connectivity index (χ2n) is 3.93. The van der Waals surface area contributed by atoms with Gasteiger partial charge in [0.25, 0.3) is 0 Å². The molecule has 0 unspecified atom stereocenters. The van der Waals surface area contributed by atoms with Crippen LogP contribution in [-0.2, 0) is 6.42 Å². The van der Waals surface area contributed by atoms with Crippen LogP contribution >= 0.6 is 0 Å². The van der Waals surface area contributed by atoms with Crippen molar-refractivity contribution in [3.05, 3.63) is 23.8 Å². The van der Waals surface area contributed by atoms with Crippen molar-refractivity contribution in [2.45, 2.75) is 38.7 Å². The van der Waals surface area contributed by atoms with Gasteiger partial charge in [-0.2, -0.15) is 0 Å². The van der Waals surface area contributed by atoms with Gasteiger partial charge in [0.15, 0.2) is 11.5 Å². The van der Waals surface area contributed by atoms with E-state index in [1.165, 1.54) is 0 Å². The van der Waals surface area contributed by atoms with Gasteiger partial charge in [0.1, 0.15) is 5.60 Å². The van der Waals surface area contributed by atoms with Crippen molar-refractivity contribution < 1.29 is 9.84 Å². The molecule has 1 aliphatic rings. The van der Waals surface area contributed by atoms with Crippen LogP contribution in [0.25, 0.3) is 0 Å². The van der Waals surface area contributed by atoms with Crippen LogP contribution in [-0.4, -0.2) is 10.7 Å². The zero-order valence-electron chi connectivity index (χ0n) is 8.71. The Morgan fingerprint density at radius 2 is 2.07 bits per heavy atom. The maximum Gasteiger partial charge on any atom is 0.165 e. The fourth-order valence-electron chi connectivity index (χ4n) is 2.07. The number of para-hydroxylation sites is 1. The maximum absolute atomic E-state index is 9.63. The molecule has 0 fully saturated rings. The van der Waals surface area contributed by atoms with Crippen molar-refractivity contribution in [3.63, 3.8) is 0 Å². The summed E-state index contributed by atoms with van der Waals surface area (Å²) in [5.41, 5.74) is 1.05. The van der Waals surface area contributed by atoms with E-state index in [4.69, 9.17) is 4.74 Å². The van der Waals surface area contributed by atoms with Gasteiger partial charge in [0.05, 0.1) is 0 Å². The lowest BCUT2D eigenvalue weighted by Crippen LogP contribution is -2.32. The van der Waals surface area contributed by atoms with Gasteiger partial charge >= 0.3 is 0 Å². The van der Waals surface area contributed by atoms with E-state index in [0.717, 1.165) is 24.8 Å². The number of benzene rings is 1. The topological polar surface area (TPSA) is 29.5 Å². The van der Waals surface area contributed by atoms with E-state index in [-0.39, 0.29) is 11.4 Å². The molecule has 1 N–H and O–H groups in total. The highest BCUT2D eigenvalue weighted by molar-refractivity contribution is 5.49. The molecule has 0 radical (unpaired) electrons. The molecule has 2 heteroatoms. The van der Waals surface area contributed by atoms with Crippen molar-refractivity contribution in [2.24, 2.45) is 0 Å². The molecule has 1 aromatic carbocycles. The molecular weight excluding hydrogens is 176 g/mol. The summed E-state index contributed by atoms with van der Waals surface area (Å²) in [7, 11) is 0. The third-order valence-electron chi connectivity index (χ3n) is 3.20. The number of hydrogen-bond donors (Lipinski definition) is 1. The third kappa shape index (κ3) is 1.26. The minimum atomic E-state index is -0.0822. The molecule has 0 atom stereocenters. The zero-order chi connectivity index (χ0) is 10.2. The number of rotatable bonds is 2. The van der Waals surface area contributed by atoms with Crippen LogP contribution in [0.4, 0.5) is 0 Å². The Balaban J connectivity index is 2.38. The first-order valence-electron chi connectivity index (χ1n) is 5.20. The van der Waals surface area contributed by atoms with E-state index in [0.29, 0.717) is 5.75 Å². The fraction of sp³-hybridized carbons (Fsp3) is 0.500. The molecule has 0 amide bonds. The van der Waals surface area contributed by atoms with Crippen LogP contribution in [0.5, 0.6) is 11.5 Å². The summed E-state index contributed by atoms with van der Waals surface area (Å²) in [5.74, 6) is 0.961. The second-order valence-corrected chi connectivity index (χ2v) is 3.93. The fourth-order valence-corrected chi connectivity index (χ4v) is 2.07. The predicted molar refractivity (Wildman–Crippen MR) is 55.8 cm³/mol. The van der Waals surface area contributed by atoms with E-state index in [1.807, 2.05) is 12.1 Å². The molecule has 0 bridgehead atoms. The van der Waals surface area contributed by atoms with Crippen molar-refractivity contribution in [3.8, 4) is 11.5 Å². The molecule has 2 nitrogen and oxygen atoms in total. The van der Waals surface area contributed by atoms with Crippen LogP contribution in [0.15, 0.2) is 18.2 Å². The lowest BCUT2D eigenvalue weighted by atomic mass is 9.92. The lowest BCUT2D eigenvalue weighted by Gasteiger charge is -2.25. The quantitative estimate of drug-likeness (QED) is 0.780. The summed E-state index contributed by atoms with van der Waals surface area (Å²) in [6.07, 6.45) is 2.89. The Labute approximate surface area is 84.5 Å². The van der Waals surface area contributed by atoms with Crippen LogP contribution < -0.4 is 4.74 Å². The van der Waals surface area contributed by atoms with Gasteiger partial charge in [0.2, 0.25) is 0 Å². The first-order valence-corrected chi connectivity index (χ1v) is 5.20. The van der Waals surface area contributed by atoms with Crippen molar-refractivity contribution in [1.29, 1.82) is 0 Å². The number of fused-ring (bicyclic) bond motifs is 1. The molecule has 0 saturated carbocycles. The van der Waals surface area contributed by atoms with Gasteiger partial charge in [-0.3, -0.25) is 0 Å². The van der Waals surface area contributed by atoms with Crippen LogP contribution in [0.1, 0.15) is 32.3 Å². The average Bonchev–Trinajstić information content (AvgIpc) is 2.59. The maximum atomic E-state index is 9.63. The molecule has 0 spiro atoms. The molecular formula is C12H16O2. The van der Waals surface area contributed by atoms with E-state index in [2.05, 4.69) is 13.8 Å². The van der Waals surface area contributed by atoms with Gasteiger partial charge < -0.3 is 9.84 Å². The molecule has 0 aliphatic carbocycles. The highest BCUT2D eigenvalue weighted by Crippen LogP contribution is 2.43. The molecule has 1 aliphatic heterocycles. The first kappa shape index (κ1) is 9.38. The number of aromatic hydroxyl groups is 1. The number of hydrogen-bond acceptors (Lipinski definition) is 2. The lowest BCUT2D eigenvalue weighted by molar-refractivity contribution is 0.0829. The Hall–Kier alpha value is -1.18. The summed E-state index contributed by atoms with van der Waals surface area (Å²) >= 11 is 0. The van der Waals surface area contributed by atoms with E-state index < -0.39 is 0 Å². The van der Waals surface area contributed by atoms with Crippen LogP contribution in [0.3, 0.4) is 0 Å². The molecule has 76 valence electrons. The van der Waals surface area contributed by atoms with Gasteiger partial charge in [-0.25, -0.2) is 0 Å². The van der Waals surface area contributed by atoms with Crippen molar-refractivity contribution in [2.75, 3.05) is 0 Å². The molecule has 0 saturated heterocycles. The highest BCUT2D eigenvalue weighted by Gasteiger charge is 2.37. The highest BCUT2D eigenvalue weighted by atomic mass is 16.5. The second kappa shape index (κ2) is 3.19. The Kier molecular flexibility index (Phi) is 2.14. The SMILES string of the molecule is CCC1(CC)Cc2cccc(O)c2O1. The van der Waals surface area contributed by atoms with E-state index in [1.54, 1.807) is 6.07 Å². The molecule has 1 heterocycles. The average molecular weight is 192 g/mol. The number of phenolic OH excluding ortho intramolecular Hbond substituents is 1. The Bertz CT molecular complexity index is 340. The first-order chi connectivity index (χ1) is 6.71. The summed E-state index contributed by atoms with van der Waals surface area (Å²) in [5, 5.41) is 9.63. The third-order valence-corrected chi connectivity index (χ3v) is 3.20. The largest absolute Gasteiger partial charge is 0.504 e. The van der Waals surface area contributed by atoms with E-state index >= 15 is 0 Å². The monoisotopic (exact) mass is 192 g/mol. The Morgan fingerprint density at radius 3 is 2.64 bits per heavy atom. The van der Waals surface area contributed by atoms with Gasteiger partial charge in [-0.1, -0.05) is 26.0 Å². The van der Waals surface area contributed by atoms with Gasteiger partial charge in [0, 0.05) is 12.0 Å². The van der Waals surface area contributed by atoms with Gasteiger partial charge in [-0.05, 0) is 18.9 Å². The Morgan fingerprint density at radius 1 is 1.36 bits per heavy atom. The molecule has 14 heavy (non-hydrogen) atoms. The zero-order valence-corrected chi connectivity index (χ0v) is 8.71. The van der Waals surface area contributed by atoms with Crippen molar-refractivity contribution in [1.82, 2.24) is 0 Å². The van der Waals surface area contributed by atoms with Crippen molar-refractivity contribution >= 4 is 0 Å². The van der Waals surface area contributed by atoms with Crippen LogP contribution in [0, 0.1) is 0 Å². The smallest absolute Gasteiger partial charge is 0.165 e. The summed E-state index contributed by atoms with van der Waals surface area (Å²) in [6.45, 7) is 4.26.